The summed E-state index contributed by atoms with van der Waals surface area (Å²) in [6.07, 6.45) is 0. The third-order valence-electron chi connectivity index (χ3n) is 3.11. The predicted octanol–water partition coefficient (Wildman–Crippen LogP) is 4.94. The minimum atomic E-state index is -1.77. The van der Waals surface area contributed by atoms with E-state index in [0.29, 0.717) is 31.1 Å². The molecule has 0 N–H and O–H groups in total. The molecular weight excluding hydrogens is 349 g/mol. The minimum Gasteiger partial charge on any atom is -0.298 e. The van der Waals surface area contributed by atoms with Gasteiger partial charge in [0.05, 0.1) is 4.70 Å². The molecule has 0 saturated carbocycles. The summed E-state index contributed by atoms with van der Waals surface area (Å²) in [7, 11) is 0. The van der Waals surface area contributed by atoms with Gasteiger partial charge < -0.3 is 0 Å². The van der Waals surface area contributed by atoms with Crippen LogP contribution >= 0.6 is 35.3 Å². The highest BCUT2D eigenvalue weighted by molar-refractivity contribution is 7.17. The quantitative estimate of drug-likeness (QED) is 0.315. The highest BCUT2D eigenvalue weighted by Gasteiger charge is 2.24. The highest BCUT2D eigenvalue weighted by Crippen LogP contribution is 2.34. The maximum absolute atomic E-state index is 13.9. The monoisotopic (exact) mass is 361 g/mol. The van der Waals surface area contributed by atoms with Crippen molar-refractivity contribution in [1.29, 1.82) is 0 Å². The second-order valence-electron chi connectivity index (χ2n) is 4.28. The molecule has 0 unspecified atom stereocenters. The Kier molecular flexibility index (Phi) is 6.71. The minimum absolute atomic E-state index is 0. The molecule has 0 bridgehead atoms. The van der Waals surface area contributed by atoms with Crippen molar-refractivity contribution < 1.29 is 17.6 Å². The predicted molar refractivity (Wildman–Crippen MR) is 80.6 cm³/mol. The number of fused-ring (bicyclic) bond motifs is 1. The molecule has 0 atom stereocenters. The molecule has 2 aromatic rings. The summed E-state index contributed by atoms with van der Waals surface area (Å²) in [5, 5.41) is 1.34. The average molecular weight is 362 g/mol. The molecule has 0 amide bonds. The first-order chi connectivity index (χ1) is 9.51. The number of thiophene rings is 1. The first kappa shape index (κ1) is 18.5. The summed E-state index contributed by atoms with van der Waals surface area (Å²) in [4.78, 5) is 1.91. The summed E-state index contributed by atoms with van der Waals surface area (Å²) < 4.78 is 53.8. The summed E-state index contributed by atoms with van der Waals surface area (Å²) in [5.74, 6) is -5.81. The fourth-order valence-electron chi connectivity index (χ4n) is 2.02. The van der Waals surface area contributed by atoms with Gasteiger partial charge in [-0.3, -0.25) is 4.90 Å². The molecule has 1 nitrogen and oxygen atoms in total. The Bertz CT molecular complexity index is 632. The van der Waals surface area contributed by atoms with Crippen molar-refractivity contribution in [1.82, 2.24) is 4.90 Å². The van der Waals surface area contributed by atoms with Crippen LogP contribution in [0.1, 0.15) is 12.5 Å². The van der Waals surface area contributed by atoms with Gasteiger partial charge in [0, 0.05) is 24.4 Å². The van der Waals surface area contributed by atoms with E-state index in [0.717, 1.165) is 11.3 Å². The number of alkyl halides is 1. The Morgan fingerprint density at radius 3 is 2.29 bits per heavy atom. The average Bonchev–Trinajstić information content (AvgIpc) is 2.86. The lowest BCUT2D eigenvalue weighted by Gasteiger charge is -2.18. The smallest absolute Gasteiger partial charge is 0.198 e. The summed E-state index contributed by atoms with van der Waals surface area (Å²) >= 11 is 6.52. The third kappa shape index (κ3) is 3.44. The van der Waals surface area contributed by atoms with Crippen molar-refractivity contribution in [2.24, 2.45) is 0 Å². The molecule has 0 spiro atoms. The van der Waals surface area contributed by atoms with Crippen molar-refractivity contribution in [3.63, 3.8) is 0 Å². The highest BCUT2D eigenvalue weighted by atomic mass is 35.5. The molecule has 0 fully saturated rings. The SMILES string of the molecule is CCN(CCCl)Cc1csc2c(F)c(F)c(F)c(F)c12.Cl. The third-order valence-corrected chi connectivity index (χ3v) is 4.30. The van der Waals surface area contributed by atoms with Crippen LogP contribution in [0, 0.1) is 23.3 Å². The van der Waals surface area contributed by atoms with E-state index < -0.39 is 23.3 Å². The van der Waals surface area contributed by atoms with Crippen molar-refractivity contribution in [2.75, 3.05) is 19.0 Å². The van der Waals surface area contributed by atoms with Crippen molar-refractivity contribution in [2.45, 2.75) is 13.5 Å². The molecule has 0 aliphatic heterocycles. The van der Waals surface area contributed by atoms with Crippen molar-refractivity contribution >= 4 is 45.4 Å². The van der Waals surface area contributed by atoms with E-state index in [1.165, 1.54) is 5.38 Å². The van der Waals surface area contributed by atoms with Gasteiger partial charge in [-0.1, -0.05) is 6.92 Å². The second kappa shape index (κ2) is 7.63. The molecule has 8 heteroatoms. The van der Waals surface area contributed by atoms with Gasteiger partial charge in [0.1, 0.15) is 0 Å². The number of nitrogens with zero attached hydrogens (tertiary/aromatic N) is 1. The van der Waals surface area contributed by atoms with Crippen LogP contribution in [-0.2, 0) is 6.54 Å². The second-order valence-corrected chi connectivity index (χ2v) is 5.54. The van der Waals surface area contributed by atoms with Gasteiger partial charge in [-0.05, 0) is 17.5 Å². The van der Waals surface area contributed by atoms with Crippen LogP contribution in [0.5, 0.6) is 0 Å². The first-order valence-electron chi connectivity index (χ1n) is 6.01. The summed E-state index contributed by atoms with van der Waals surface area (Å²) in [6, 6.07) is 0. The number of benzene rings is 1. The Labute approximate surface area is 134 Å². The van der Waals surface area contributed by atoms with Crippen molar-refractivity contribution in [3.05, 3.63) is 34.2 Å². The van der Waals surface area contributed by atoms with Crippen LogP contribution in [0.3, 0.4) is 0 Å². The Balaban J connectivity index is 0.00000220. The maximum atomic E-state index is 13.9. The molecule has 0 aliphatic rings. The van der Waals surface area contributed by atoms with E-state index >= 15 is 0 Å². The van der Waals surface area contributed by atoms with Crippen LogP contribution < -0.4 is 0 Å². The lowest BCUT2D eigenvalue weighted by Crippen LogP contribution is -2.24. The van der Waals surface area contributed by atoms with Crippen LogP contribution in [0.25, 0.3) is 10.1 Å². The van der Waals surface area contributed by atoms with E-state index in [-0.39, 0.29) is 22.5 Å². The zero-order chi connectivity index (χ0) is 14.9. The molecular formula is C13H13Cl2F4NS. The van der Waals surface area contributed by atoms with Gasteiger partial charge in [-0.25, -0.2) is 17.6 Å². The number of rotatable bonds is 5. The summed E-state index contributed by atoms with van der Waals surface area (Å²) in [6.45, 7) is 3.45. The van der Waals surface area contributed by atoms with Gasteiger partial charge in [-0.15, -0.1) is 35.3 Å². The van der Waals surface area contributed by atoms with Gasteiger partial charge in [-0.2, -0.15) is 0 Å². The molecule has 0 saturated heterocycles. The Morgan fingerprint density at radius 2 is 1.71 bits per heavy atom. The fourth-order valence-corrected chi connectivity index (χ4v) is 3.25. The van der Waals surface area contributed by atoms with Crippen molar-refractivity contribution in [3.8, 4) is 0 Å². The number of hydrogen-bond donors (Lipinski definition) is 0. The van der Waals surface area contributed by atoms with Crippen LogP contribution in [0.15, 0.2) is 5.38 Å². The lowest BCUT2D eigenvalue weighted by molar-refractivity contribution is 0.298. The Hall–Kier alpha value is -0.560. The van der Waals surface area contributed by atoms with Gasteiger partial charge >= 0.3 is 0 Å². The van der Waals surface area contributed by atoms with Crippen LogP contribution in [0.2, 0.25) is 0 Å². The first-order valence-corrected chi connectivity index (χ1v) is 7.43. The van der Waals surface area contributed by atoms with Gasteiger partial charge in [0.25, 0.3) is 0 Å². The maximum Gasteiger partial charge on any atom is 0.198 e. The van der Waals surface area contributed by atoms with Crippen LogP contribution in [0.4, 0.5) is 17.6 Å². The molecule has 0 radical (unpaired) electrons. The van der Waals surface area contributed by atoms with E-state index in [1.54, 1.807) is 0 Å². The molecule has 2 rings (SSSR count). The largest absolute Gasteiger partial charge is 0.298 e. The molecule has 118 valence electrons. The zero-order valence-electron chi connectivity index (χ0n) is 11.1. The molecule has 0 aliphatic carbocycles. The molecule has 1 aromatic carbocycles. The lowest BCUT2D eigenvalue weighted by atomic mass is 10.1. The molecule has 1 heterocycles. The van der Waals surface area contributed by atoms with E-state index in [1.807, 2.05) is 11.8 Å². The van der Waals surface area contributed by atoms with E-state index in [2.05, 4.69) is 0 Å². The van der Waals surface area contributed by atoms with Gasteiger partial charge in [0.2, 0.25) is 0 Å². The normalized spacial score (nSPS) is 11.2. The van der Waals surface area contributed by atoms with Gasteiger partial charge in [0.15, 0.2) is 23.3 Å². The standard InChI is InChI=1S/C13H12ClF4NS.ClH/c1-2-19(4-3-14)5-7-6-20-13-8(7)9(15)10(16)11(17)12(13)18;/h6H,2-5H2,1H3;1H. The van der Waals surface area contributed by atoms with Crippen LogP contribution in [-0.4, -0.2) is 23.9 Å². The number of hydrogen-bond acceptors (Lipinski definition) is 2. The molecule has 21 heavy (non-hydrogen) atoms. The molecule has 1 aromatic heterocycles. The topological polar surface area (TPSA) is 3.24 Å². The fraction of sp³-hybridized carbons (Fsp3) is 0.385. The zero-order valence-corrected chi connectivity index (χ0v) is 13.4. The Morgan fingerprint density at radius 1 is 1.10 bits per heavy atom. The van der Waals surface area contributed by atoms with E-state index in [9.17, 15) is 17.6 Å². The van der Waals surface area contributed by atoms with E-state index in [4.69, 9.17) is 11.6 Å². The number of halogens is 6. The summed E-state index contributed by atoms with van der Waals surface area (Å²) in [5.41, 5.74) is 0.437.